The van der Waals surface area contributed by atoms with E-state index in [1.54, 1.807) is 0 Å². The average molecular weight is 767 g/mol. The number of unbranched alkanes of at least 4 members (excludes halogenated alkanes) is 7. The highest BCUT2D eigenvalue weighted by Crippen LogP contribution is 2.35. The summed E-state index contributed by atoms with van der Waals surface area (Å²) in [6.07, 6.45) is 5.23. The van der Waals surface area contributed by atoms with Gasteiger partial charge in [0, 0.05) is 24.5 Å². The number of thiophene rings is 1. The van der Waals surface area contributed by atoms with Crippen molar-refractivity contribution in [2.75, 3.05) is 6.54 Å². The van der Waals surface area contributed by atoms with E-state index in [4.69, 9.17) is 4.55 Å². The summed E-state index contributed by atoms with van der Waals surface area (Å²) in [4.78, 5) is 11.6. The topological polar surface area (TPSA) is 134 Å². The summed E-state index contributed by atoms with van der Waals surface area (Å²) in [6.45, 7) is 4.38. The third kappa shape index (κ3) is 12.1. The predicted octanol–water partition coefficient (Wildman–Crippen LogP) is 9.08. The van der Waals surface area contributed by atoms with Crippen molar-refractivity contribution in [2.45, 2.75) is 81.4 Å². The molecule has 0 saturated heterocycles. The molecule has 0 saturated carbocycles. The van der Waals surface area contributed by atoms with E-state index in [1.807, 2.05) is 12.4 Å². The molecular formula is C35H36F6N6O3S2. The van der Waals surface area contributed by atoms with Crippen LogP contribution in [0.2, 0.25) is 0 Å². The summed E-state index contributed by atoms with van der Waals surface area (Å²) in [7, 11) is -4.44. The van der Waals surface area contributed by atoms with Crippen LogP contribution in [0.1, 0.15) is 85.7 Å². The largest absolute Gasteiger partial charge is 0.435 e. The first-order valence-electron chi connectivity index (χ1n) is 16.4. The van der Waals surface area contributed by atoms with Crippen LogP contribution >= 0.6 is 11.3 Å². The summed E-state index contributed by atoms with van der Waals surface area (Å²) >= 11 is 0.627. The second-order valence-corrected chi connectivity index (χ2v) is 14.3. The zero-order valence-corrected chi connectivity index (χ0v) is 29.6. The normalized spacial score (nSPS) is 11.9. The molecule has 9 nitrogen and oxygen atoms in total. The van der Waals surface area contributed by atoms with Gasteiger partial charge in [-0.05, 0) is 66.8 Å². The maximum absolute atomic E-state index is 13.6. The van der Waals surface area contributed by atoms with Gasteiger partial charge in [-0.2, -0.15) is 39.9 Å². The standard InChI is InChI=1S/C19H8F6N4O3S2.C16H28N2/c20-18(21,22)10-3-1-9(2-4-10)17-26-14-12(28-29-15(14)16(27-17)19(23,24)25)7-5-11-6-8-13(33-11)34(30,31)32;1-2-3-4-5-6-7-8-9-12-18-15-16-10-13-17-14-11-16/h1-4,6,8H,(H,28,29)(H,30,31,32);10-11,13-14,18H,2-9,12,15H2,1H3. The molecule has 0 spiro atoms. The lowest BCUT2D eigenvalue weighted by Crippen LogP contribution is -2.14. The van der Waals surface area contributed by atoms with Crippen molar-refractivity contribution in [3.05, 3.63) is 88.3 Å². The fraction of sp³-hybridized carbons (Fsp3) is 0.371. The minimum Gasteiger partial charge on any atom is -0.313 e. The Hall–Kier alpha value is -4.37. The van der Waals surface area contributed by atoms with Gasteiger partial charge in [0.2, 0.25) is 0 Å². The molecule has 0 atom stereocenters. The van der Waals surface area contributed by atoms with Crippen LogP contribution in [0, 0.1) is 11.8 Å². The number of hydrogen-bond donors (Lipinski definition) is 3. The van der Waals surface area contributed by atoms with Crippen LogP contribution < -0.4 is 5.32 Å². The van der Waals surface area contributed by atoms with E-state index >= 15 is 0 Å². The van der Waals surface area contributed by atoms with Crippen molar-refractivity contribution >= 4 is 32.5 Å². The summed E-state index contributed by atoms with van der Waals surface area (Å²) in [6, 6.07) is 9.79. The third-order valence-corrected chi connectivity index (χ3v) is 9.89. The number of aromatic nitrogens is 5. The number of rotatable bonds is 13. The molecule has 0 unspecified atom stereocenters. The Kier molecular flexibility index (Phi) is 14.3. The smallest absolute Gasteiger partial charge is 0.313 e. The molecule has 0 aliphatic heterocycles. The monoisotopic (exact) mass is 766 g/mol. The Balaban J connectivity index is 0.000000284. The van der Waals surface area contributed by atoms with Crippen molar-refractivity contribution in [3.63, 3.8) is 0 Å². The predicted molar refractivity (Wildman–Crippen MR) is 186 cm³/mol. The minimum absolute atomic E-state index is 0.100. The number of hydrogen-bond acceptors (Lipinski definition) is 8. The summed E-state index contributed by atoms with van der Waals surface area (Å²) < 4.78 is 110. The minimum atomic E-state index is -4.96. The van der Waals surface area contributed by atoms with Gasteiger partial charge in [-0.3, -0.25) is 14.6 Å². The molecule has 0 radical (unpaired) electrons. The number of halogens is 6. The van der Waals surface area contributed by atoms with Crippen LogP contribution in [0.4, 0.5) is 26.3 Å². The zero-order chi connectivity index (χ0) is 37.8. The first kappa shape index (κ1) is 40.4. The highest BCUT2D eigenvalue weighted by molar-refractivity contribution is 7.88. The van der Waals surface area contributed by atoms with Crippen LogP contribution in [-0.2, 0) is 29.0 Å². The van der Waals surface area contributed by atoms with E-state index in [-0.39, 0.29) is 25.9 Å². The molecule has 52 heavy (non-hydrogen) atoms. The van der Waals surface area contributed by atoms with E-state index in [0.717, 1.165) is 31.3 Å². The van der Waals surface area contributed by atoms with Gasteiger partial charge in [-0.25, -0.2) is 9.97 Å². The molecule has 4 heterocycles. The molecule has 4 aromatic heterocycles. The molecule has 0 aliphatic carbocycles. The van der Waals surface area contributed by atoms with Gasteiger partial charge in [-0.1, -0.05) is 64.0 Å². The number of nitrogens with zero attached hydrogens (tertiary/aromatic N) is 4. The molecule has 278 valence electrons. The number of pyridine rings is 1. The SMILES string of the molecule is CCCCCCCCCCNCc1ccncc1.O=S(=O)(O)c1ccc(C#Cc2[nH]nc3c(C(F)(F)F)nc(-c4ccc(C(F)(F)F)cc4)nc23)s1. The van der Waals surface area contributed by atoms with Crippen molar-refractivity contribution in [2.24, 2.45) is 0 Å². The maximum Gasteiger partial charge on any atom is 0.435 e. The number of nitrogens with one attached hydrogen (secondary N) is 2. The third-order valence-electron chi connectivity index (χ3n) is 7.57. The zero-order valence-electron chi connectivity index (χ0n) is 28.0. The van der Waals surface area contributed by atoms with Crippen LogP contribution in [0.15, 0.2) is 65.1 Å². The Morgan fingerprint density at radius 2 is 1.46 bits per heavy atom. The lowest BCUT2D eigenvalue weighted by molar-refractivity contribution is -0.140. The molecule has 0 amide bonds. The Labute approximate surface area is 301 Å². The summed E-state index contributed by atoms with van der Waals surface area (Å²) in [5, 5.41) is 9.36. The Morgan fingerprint density at radius 3 is 2.06 bits per heavy atom. The van der Waals surface area contributed by atoms with E-state index in [0.29, 0.717) is 23.5 Å². The number of H-pyrrole nitrogens is 1. The molecule has 5 rings (SSSR count). The van der Waals surface area contributed by atoms with Gasteiger partial charge in [0.05, 0.1) is 10.4 Å². The van der Waals surface area contributed by atoms with E-state index < -0.39 is 45.1 Å². The first-order valence-corrected chi connectivity index (χ1v) is 18.6. The Bertz CT molecular complexity index is 2050. The van der Waals surface area contributed by atoms with Gasteiger partial charge >= 0.3 is 22.5 Å². The number of benzene rings is 1. The molecular weight excluding hydrogens is 731 g/mol. The molecule has 3 N–H and O–H groups in total. The van der Waals surface area contributed by atoms with Gasteiger partial charge in [0.1, 0.15) is 20.9 Å². The fourth-order valence-electron chi connectivity index (χ4n) is 4.89. The number of alkyl halides is 6. The second-order valence-electron chi connectivity index (χ2n) is 11.6. The molecule has 5 aromatic rings. The molecule has 0 aliphatic rings. The number of aromatic amines is 1. The lowest BCUT2D eigenvalue weighted by atomic mass is 10.1. The van der Waals surface area contributed by atoms with Gasteiger partial charge in [0.15, 0.2) is 11.5 Å². The first-order chi connectivity index (χ1) is 24.7. The summed E-state index contributed by atoms with van der Waals surface area (Å²) in [5.41, 5.74) is -2.35. The molecule has 1 aromatic carbocycles. The Morgan fingerprint density at radius 1 is 0.808 bits per heavy atom. The highest BCUT2D eigenvalue weighted by Gasteiger charge is 2.37. The van der Waals surface area contributed by atoms with E-state index in [1.165, 1.54) is 63.0 Å². The second kappa shape index (κ2) is 18.4. The summed E-state index contributed by atoms with van der Waals surface area (Å²) in [5.74, 6) is 4.53. The van der Waals surface area contributed by atoms with Crippen LogP contribution in [0.25, 0.3) is 22.4 Å². The van der Waals surface area contributed by atoms with E-state index in [9.17, 15) is 34.8 Å². The van der Waals surface area contributed by atoms with Crippen molar-refractivity contribution in [1.82, 2.24) is 30.5 Å². The van der Waals surface area contributed by atoms with Crippen molar-refractivity contribution in [1.29, 1.82) is 0 Å². The van der Waals surface area contributed by atoms with Crippen LogP contribution in [0.5, 0.6) is 0 Å². The van der Waals surface area contributed by atoms with Gasteiger partial charge < -0.3 is 5.32 Å². The molecule has 0 bridgehead atoms. The van der Waals surface area contributed by atoms with Crippen molar-refractivity contribution < 1.29 is 39.3 Å². The highest BCUT2D eigenvalue weighted by atomic mass is 32.3. The van der Waals surface area contributed by atoms with E-state index in [2.05, 4.69) is 61.4 Å². The fourth-order valence-corrected chi connectivity index (χ4v) is 6.41. The van der Waals surface area contributed by atoms with Crippen LogP contribution in [-0.4, -0.2) is 44.7 Å². The van der Waals surface area contributed by atoms with Gasteiger partial charge in [0.25, 0.3) is 0 Å². The quantitative estimate of drug-likeness (QED) is 0.0468. The number of fused-ring (bicyclic) bond motifs is 1. The lowest BCUT2D eigenvalue weighted by Gasteiger charge is -2.10. The molecule has 0 fully saturated rings. The average Bonchev–Trinajstić information content (AvgIpc) is 3.75. The molecule has 17 heteroatoms. The maximum atomic E-state index is 13.6. The van der Waals surface area contributed by atoms with Crippen molar-refractivity contribution in [3.8, 4) is 23.2 Å². The van der Waals surface area contributed by atoms with Gasteiger partial charge in [-0.15, -0.1) is 11.3 Å². The van der Waals surface area contributed by atoms with Crippen LogP contribution in [0.3, 0.4) is 0 Å².